The largest absolute Gasteiger partial charge is 0.573 e. The number of hydrogen-bond acceptors (Lipinski definition) is 4. The van der Waals surface area contributed by atoms with Gasteiger partial charge in [0.1, 0.15) is 5.75 Å². The molecule has 26 heavy (non-hydrogen) atoms. The first kappa shape index (κ1) is 18.0. The number of alkyl halides is 3. The SMILES string of the molecule is O=C(Cc1ccc(OC(F)(F)F)cc1)N[C@@H]1CCc2n[nH]c(=O)cc2C1. The number of aromatic amines is 1. The van der Waals surface area contributed by atoms with Crippen molar-refractivity contribution < 1.29 is 22.7 Å². The molecule has 0 fully saturated rings. The molecule has 2 N–H and O–H groups in total. The molecule has 0 bridgehead atoms. The zero-order chi connectivity index (χ0) is 18.7. The molecule has 6 nitrogen and oxygen atoms in total. The smallest absolute Gasteiger partial charge is 0.406 e. The molecule has 2 aromatic rings. The third-order valence-corrected chi connectivity index (χ3v) is 4.06. The fourth-order valence-electron chi connectivity index (χ4n) is 2.94. The number of nitrogens with one attached hydrogen (secondary N) is 2. The van der Waals surface area contributed by atoms with Crippen LogP contribution in [0.15, 0.2) is 35.1 Å². The first-order chi connectivity index (χ1) is 12.3. The van der Waals surface area contributed by atoms with Gasteiger partial charge in [-0.25, -0.2) is 5.10 Å². The number of amides is 1. The molecular formula is C17H16F3N3O3. The molecule has 1 aliphatic carbocycles. The number of halogens is 3. The summed E-state index contributed by atoms with van der Waals surface area (Å²) in [4.78, 5) is 23.5. The number of rotatable bonds is 4. The number of aryl methyl sites for hydroxylation is 1. The maximum absolute atomic E-state index is 12.2. The molecule has 0 saturated heterocycles. The topological polar surface area (TPSA) is 84.1 Å². The van der Waals surface area contributed by atoms with Crippen LogP contribution in [0, 0.1) is 0 Å². The van der Waals surface area contributed by atoms with E-state index in [9.17, 15) is 22.8 Å². The highest BCUT2D eigenvalue weighted by atomic mass is 19.4. The Labute approximate surface area is 146 Å². The number of carbonyl (C=O) groups is 1. The van der Waals surface area contributed by atoms with Gasteiger partial charge in [-0.1, -0.05) is 12.1 Å². The van der Waals surface area contributed by atoms with Crippen molar-refractivity contribution in [1.82, 2.24) is 15.5 Å². The van der Waals surface area contributed by atoms with E-state index in [1.165, 1.54) is 30.3 Å². The van der Waals surface area contributed by atoms with E-state index < -0.39 is 6.36 Å². The molecule has 0 unspecified atom stereocenters. The number of benzene rings is 1. The Morgan fingerprint density at radius 1 is 1.31 bits per heavy atom. The van der Waals surface area contributed by atoms with Crippen molar-refractivity contribution in [2.24, 2.45) is 0 Å². The van der Waals surface area contributed by atoms with Gasteiger partial charge in [-0.05, 0) is 42.5 Å². The number of aromatic nitrogens is 2. The van der Waals surface area contributed by atoms with Gasteiger partial charge in [0.15, 0.2) is 0 Å². The molecule has 1 atom stereocenters. The predicted molar refractivity (Wildman–Crippen MR) is 85.6 cm³/mol. The normalized spacial score (nSPS) is 16.7. The standard InChI is InChI=1S/C17H16F3N3O3/c18-17(19,20)26-13-4-1-10(2-5-13)7-15(24)21-12-3-6-14-11(8-12)9-16(25)23-22-14/h1-2,4-5,9,12H,3,6-8H2,(H,21,24)(H,23,25)/t12-/m1/s1. The summed E-state index contributed by atoms with van der Waals surface area (Å²) in [6, 6.07) is 6.56. The van der Waals surface area contributed by atoms with Crippen LogP contribution in [0.4, 0.5) is 13.2 Å². The van der Waals surface area contributed by atoms with Crippen LogP contribution in [-0.2, 0) is 24.1 Å². The van der Waals surface area contributed by atoms with Gasteiger partial charge >= 0.3 is 6.36 Å². The Kier molecular flexibility index (Phi) is 4.97. The molecular weight excluding hydrogens is 351 g/mol. The predicted octanol–water partition coefficient (Wildman–Crippen LogP) is 1.88. The van der Waals surface area contributed by atoms with Crippen molar-refractivity contribution in [2.45, 2.75) is 38.1 Å². The molecule has 0 radical (unpaired) electrons. The Balaban J connectivity index is 1.55. The van der Waals surface area contributed by atoms with Crippen LogP contribution in [0.25, 0.3) is 0 Å². The summed E-state index contributed by atoms with van der Waals surface area (Å²) in [6.45, 7) is 0. The first-order valence-electron chi connectivity index (χ1n) is 8.00. The molecule has 1 aromatic heterocycles. The lowest BCUT2D eigenvalue weighted by atomic mass is 9.92. The van der Waals surface area contributed by atoms with Gasteiger partial charge < -0.3 is 10.1 Å². The van der Waals surface area contributed by atoms with Crippen molar-refractivity contribution in [3.63, 3.8) is 0 Å². The van der Waals surface area contributed by atoms with E-state index >= 15 is 0 Å². The van der Waals surface area contributed by atoms with E-state index in [4.69, 9.17) is 0 Å². The Hall–Kier alpha value is -2.84. The highest BCUT2D eigenvalue weighted by Gasteiger charge is 2.31. The van der Waals surface area contributed by atoms with Crippen LogP contribution in [0.3, 0.4) is 0 Å². The summed E-state index contributed by atoms with van der Waals surface area (Å²) in [5.41, 5.74) is 1.94. The van der Waals surface area contributed by atoms with Gasteiger partial charge in [0, 0.05) is 12.1 Å². The van der Waals surface area contributed by atoms with Crippen LogP contribution in [0.1, 0.15) is 23.2 Å². The first-order valence-corrected chi connectivity index (χ1v) is 8.00. The summed E-state index contributed by atoms with van der Waals surface area (Å²) in [6.07, 6.45) is -2.82. The van der Waals surface area contributed by atoms with E-state index in [1.54, 1.807) is 0 Å². The van der Waals surface area contributed by atoms with Crippen molar-refractivity contribution in [1.29, 1.82) is 0 Å². The molecule has 1 aromatic carbocycles. The molecule has 1 aliphatic rings. The van der Waals surface area contributed by atoms with E-state index in [-0.39, 0.29) is 29.7 Å². The number of hydrogen-bond donors (Lipinski definition) is 2. The van der Waals surface area contributed by atoms with Crippen LogP contribution in [0.5, 0.6) is 5.75 Å². The number of ether oxygens (including phenoxy) is 1. The minimum absolute atomic E-state index is 0.0449. The van der Waals surface area contributed by atoms with Crippen LogP contribution >= 0.6 is 0 Å². The monoisotopic (exact) mass is 367 g/mol. The number of H-pyrrole nitrogens is 1. The zero-order valence-corrected chi connectivity index (χ0v) is 13.6. The van der Waals surface area contributed by atoms with E-state index in [2.05, 4.69) is 20.3 Å². The quantitative estimate of drug-likeness (QED) is 0.864. The van der Waals surface area contributed by atoms with Crippen molar-refractivity contribution in [3.05, 3.63) is 57.5 Å². The molecule has 138 valence electrons. The highest BCUT2D eigenvalue weighted by Crippen LogP contribution is 2.23. The van der Waals surface area contributed by atoms with E-state index in [1.807, 2.05) is 0 Å². The molecule has 0 saturated carbocycles. The lowest BCUT2D eigenvalue weighted by Crippen LogP contribution is -2.40. The molecule has 0 spiro atoms. The van der Waals surface area contributed by atoms with Gasteiger partial charge in [0.2, 0.25) is 5.91 Å². The minimum atomic E-state index is -4.74. The average Bonchev–Trinajstić information content (AvgIpc) is 2.55. The molecule has 9 heteroatoms. The third kappa shape index (κ3) is 4.84. The lowest BCUT2D eigenvalue weighted by molar-refractivity contribution is -0.274. The maximum Gasteiger partial charge on any atom is 0.573 e. The van der Waals surface area contributed by atoms with Gasteiger partial charge in [-0.15, -0.1) is 13.2 Å². The second-order valence-corrected chi connectivity index (χ2v) is 6.08. The fraction of sp³-hybridized carbons (Fsp3) is 0.353. The van der Waals surface area contributed by atoms with Crippen molar-refractivity contribution in [3.8, 4) is 5.75 Å². The summed E-state index contributed by atoms with van der Waals surface area (Å²) in [5.74, 6) is -0.566. The van der Waals surface area contributed by atoms with Gasteiger partial charge in [0.05, 0.1) is 12.1 Å². The summed E-state index contributed by atoms with van der Waals surface area (Å²) >= 11 is 0. The summed E-state index contributed by atoms with van der Waals surface area (Å²) in [7, 11) is 0. The van der Waals surface area contributed by atoms with E-state index in [0.29, 0.717) is 24.8 Å². The zero-order valence-electron chi connectivity index (χ0n) is 13.6. The molecule has 0 aliphatic heterocycles. The van der Waals surface area contributed by atoms with Crippen LogP contribution < -0.4 is 15.6 Å². The van der Waals surface area contributed by atoms with Crippen molar-refractivity contribution in [2.75, 3.05) is 0 Å². The summed E-state index contributed by atoms with van der Waals surface area (Å²) < 4.78 is 40.2. The van der Waals surface area contributed by atoms with Gasteiger partial charge in [0.25, 0.3) is 5.56 Å². The minimum Gasteiger partial charge on any atom is -0.406 e. The molecule has 1 heterocycles. The number of nitrogens with zero attached hydrogens (tertiary/aromatic N) is 1. The number of carbonyl (C=O) groups excluding carboxylic acids is 1. The second kappa shape index (κ2) is 7.19. The van der Waals surface area contributed by atoms with E-state index in [0.717, 1.165) is 11.3 Å². The van der Waals surface area contributed by atoms with Crippen molar-refractivity contribution >= 4 is 5.91 Å². The highest BCUT2D eigenvalue weighted by molar-refractivity contribution is 5.79. The van der Waals surface area contributed by atoms with Gasteiger partial charge in [-0.2, -0.15) is 5.10 Å². The average molecular weight is 367 g/mol. The Bertz CT molecular complexity index is 847. The molecule has 1 amide bonds. The maximum atomic E-state index is 12.2. The second-order valence-electron chi connectivity index (χ2n) is 6.08. The fourth-order valence-corrected chi connectivity index (χ4v) is 2.94. The Morgan fingerprint density at radius 3 is 2.73 bits per heavy atom. The van der Waals surface area contributed by atoms with Gasteiger partial charge in [-0.3, -0.25) is 9.59 Å². The lowest BCUT2D eigenvalue weighted by Gasteiger charge is -2.24. The van der Waals surface area contributed by atoms with Crippen LogP contribution in [-0.4, -0.2) is 28.5 Å². The Morgan fingerprint density at radius 2 is 2.04 bits per heavy atom. The third-order valence-electron chi connectivity index (χ3n) is 4.06. The number of fused-ring (bicyclic) bond motifs is 1. The molecule has 3 rings (SSSR count). The van der Waals surface area contributed by atoms with Crippen LogP contribution in [0.2, 0.25) is 0 Å². The summed E-state index contributed by atoms with van der Waals surface area (Å²) in [5, 5.41) is 9.27.